The molecule has 0 saturated carbocycles. The third kappa shape index (κ3) is 3.15. The summed E-state index contributed by atoms with van der Waals surface area (Å²) in [6.07, 6.45) is 3.43. The minimum Gasteiger partial charge on any atom is -0.377 e. The Morgan fingerprint density at radius 3 is 2.80 bits per heavy atom. The zero-order valence-corrected chi connectivity index (χ0v) is 13.3. The van der Waals surface area contributed by atoms with Crippen molar-refractivity contribution in [2.45, 2.75) is 44.8 Å². The lowest BCUT2D eigenvalue weighted by Crippen LogP contribution is -2.47. The number of rotatable bonds is 5. The van der Waals surface area contributed by atoms with Gasteiger partial charge >= 0.3 is 0 Å². The first-order chi connectivity index (χ1) is 9.63. The number of ether oxygens (including phenoxy) is 1. The van der Waals surface area contributed by atoms with E-state index in [0.717, 1.165) is 25.9 Å². The number of methoxy groups -OCH3 is 1. The Bertz CT molecular complexity index is 431. The van der Waals surface area contributed by atoms with Crippen LogP contribution < -0.4 is 10.2 Å². The van der Waals surface area contributed by atoms with Crippen LogP contribution in [-0.4, -0.2) is 32.8 Å². The second-order valence-electron chi connectivity index (χ2n) is 5.99. The van der Waals surface area contributed by atoms with Crippen molar-refractivity contribution in [3.05, 3.63) is 29.8 Å². The molecule has 0 radical (unpaired) electrons. The van der Waals surface area contributed by atoms with Crippen molar-refractivity contribution in [2.75, 3.05) is 32.1 Å². The Hall–Kier alpha value is -1.06. The largest absolute Gasteiger partial charge is 0.377 e. The molecule has 1 aromatic rings. The number of para-hydroxylation sites is 1. The number of benzene rings is 1. The van der Waals surface area contributed by atoms with Crippen LogP contribution in [0.15, 0.2) is 24.3 Å². The van der Waals surface area contributed by atoms with Crippen molar-refractivity contribution in [1.29, 1.82) is 0 Å². The first-order valence-corrected chi connectivity index (χ1v) is 7.70. The van der Waals surface area contributed by atoms with Crippen LogP contribution in [0.1, 0.15) is 44.7 Å². The van der Waals surface area contributed by atoms with Gasteiger partial charge in [-0.05, 0) is 44.9 Å². The summed E-state index contributed by atoms with van der Waals surface area (Å²) in [5, 5.41) is 3.42. The summed E-state index contributed by atoms with van der Waals surface area (Å²) in [6, 6.07) is 9.19. The summed E-state index contributed by atoms with van der Waals surface area (Å²) in [4.78, 5) is 2.49. The van der Waals surface area contributed by atoms with Crippen molar-refractivity contribution in [3.8, 4) is 0 Å². The monoisotopic (exact) mass is 276 g/mol. The molecule has 0 amide bonds. The van der Waals surface area contributed by atoms with E-state index in [2.05, 4.69) is 48.3 Å². The van der Waals surface area contributed by atoms with Gasteiger partial charge in [0, 0.05) is 31.9 Å². The molecule has 3 heteroatoms. The number of hydrogen-bond donors (Lipinski definition) is 1. The number of anilines is 1. The molecule has 1 fully saturated rings. The van der Waals surface area contributed by atoms with E-state index >= 15 is 0 Å². The smallest absolute Gasteiger partial charge is 0.0825 e. The fourth-order valence-corrected chi connectivity index (χ4v) is 3.23. The summed E-state index contributed by atoms with van der Waals surface area (Å²) >= 11 is 0. The van der Waals surface area contributed by atoms with E-state index in [-0.39, 0.29) is 5.60 Å². The lowest BCUT2D eigenvalue weighted by atomic mass is 9.93. The molecule has 2 atom stereocenters. The van der Waals surface area contributed by atoms with Crippen molar-refractivity contribution in [3.63, 3.8) is 0 Å². The predicted octanol–water partition coefficient (Wildman–Crippen LogP) is 3.36. The van der Waals surface area contributed by atoms with Gasteiger partial charge in [0.1, 0.15) is 0 Å². The van der Waals surface area contributed by atoms with Crippen LogP contribution in [0.5, 0.6) is 0 Å². The van der Waals surface area contributed by atoms with Crippen LogP contribution in [0.4, 0.5) is 5.69 Å². The van der Waals surface area contributed by atoms with Crippen LogP contribution in [0.3, 0.4) is 0 Å². The molecule has 112 valence electrons. The molecule has 1 N–H and O–H groups in total. The van der Waals surface area contributed by atoms with Crippen LogP contribution in [0.25, 0.3) is 0 Å². The third-order valence-electron chi connectivity index (χ3n) is 4.56. The average Bonchev–Trinajstić information content (AvgIpc) is 2.49. The van der Waals surface area contributed by atoms with Crippen LogP contribution in [0, 0.1) is 0 Å². The second kappa shape index (κ2) is 6.59. The van der Waals surface area contributed by atoms with Gasteiger partial charge in [-0.25, -0.2) is 0 Å². The molecule has 2 rings (SSSR count). The van der Waals surface area contributed by atoms with E-state index < -0.39 is 0 Å². The standard InChI is InChI=1S/C17H28N2O/c1-5-15(18-3)14-9-6-7-10-16(14)19-12-8-11-17(2,13-19)20-4/h6-7,9-10,15,18H,5,8,11-13H2,1-4H3. The molecule has 0 spiro atoms. The van der Waals surface area contributed by atoms with Gasteiger partial charge in [0.2, 0.25) is 0 Å². The minimum absolute atomic E-state index is 0.0211. The molecule has 1 aromatic carbocycles. The fraction of sp³-hybridized carbons (Fsp3) is 0.647. The Morgan fingerprint density at radius 1 is 1.40 bits per heavy atom. The molecule has 0 bridgehead atoms. The van der Waals surface area contributed by atoms with Gasteiger partial charge in [0.25, 0.3) is 0 Å². The first-order valence-electron chi connectivity index (χ1n) is 7.70. The highest BCUT2D eigenvalue weighted by molar-refractivity contribution is 5.55. The molecule has 20 heavy (non-hydrogen) atoms. The van der Waals surface area contributed by atoms with Crippen molar-refractivity contribution in [1.82, 2.24) is 5.32 Å². The average molecular weight is 276 g/mol. The minimum atomic E-state index is -0.0211. The number of nitrogens with one attached hydrogen (secondary N) is 1. The van der Waals surface area contributed by atoms with Crippen LogP contribution >= 0.6 is 0 Å². The molecule has 2 unspecified atom stereocenters. The number of piperidine rings is 1. The predicted molar refractivity (Wildman–Crippen MR) is 85.4 cm³/mol. The quantitative estimate of drug-likeness (QED) is 0.892. The maximum Gasteiger partial charge on any atom is 0.0825 e. The molecule has 0 aromatic heterocycles. The third-order valence-corrected chi connectivity index (χ3v) is 4.56. The highest BCUT2D eigenvalue weighted by atomic mass is 16.5. The van der Waals surface area contributed by atoms with Gasteiger partial charge in [-0.3, -0.25) is 0 Å². The lowest BCUT2D eigenvalue weighted by Gasteiger charge is -2.41. The summed E-state index contributed by atoms with van der Waals surface area (Å²) in [5.74, 6) is 0. The summed E-state index contributed by atoms with van der Waals surface area (Å²) in [5.41, 5.74) is 2.74. The lowest BCUT2D eigenvalue weighted by molar-refractivity contribution is -0.00469. The van der Waals surface area contributed by atoms with Crippen molar-refractivity contribution in [2.24, 2.45) is 0 Å². The second-order valence-corrected chi connectivity index (χ2v) is 5.99. The molecule has 1 aliphatic heterocycles. The molecule has 1 saturated heterocycles. The van der Waals surface area contributed by atoms with E-state index in [1.807, 2.05) is 14.2 Å². The Morgan fingerprint density at radius 2 is 2.15 bits per heavy atom. The highest BCUT2D eigenvalue weighted by Crippen LogP contribution is 2.33. The van der Waals surface area contributed by atoms with Gasteiger partial charge in [0.05, 0.1) is 5.60 Å². The maximum absolute atomic E-state index is 5.73. The summed E-state index contributed by atoms with van der Waals surface area (Å²) in [6.45, 7) is 6.54. The summed E-state index contributed by atoms with van der Waals surface area (Å²) in [7, 11) is 3.87. The molecule has 1 aliphatic rings. The van der Waals surface area contributed by atoms with E-state index in [4.69, 9.17) is 4.74 Å². The highest BCUT2D eigenvalue weighted by Gasteiger charge is 2.31. The van der Waals surface area contributed by atoms with E-state index in [0.29, 0.717) is 6.04 Å². The molecule has 0 aliphatic carbocycles. The number of hydrogen-bond acceptors (Lipinski definition) is 3. The maximum atomic E-state index is 5.73. The zero-order valence-electron chi connectivity index (χ0n) is 13.3. The molecule has 1 heterocycles. The van der Waals surface area contributed by atoms with Crippen LogP contribution in [0.2, 0.25) is 0 Å². The van der Waals surface area contributed by atoms with Gasteiger partial charge in [-0.2, -0.15) is 0 Å². The Balaban J connectivity index is 2.28. The Kier molecular flexibility index (Phi) is 5.06. The van der Waals surface area contributed by atoms with E-state index in [1.54, 1.807) is 0 Å². The van der Waals surface area contributed by atoms with Gasteiger partial charge in [-0.15, -0.1) is 0 Å². The van der Waals surface area contributed by atoms with Gasteiger partial charge < -0.3 is 15.0 Å². The fourth-order valence-electron chi connectivity index (χ4n) is 3.23. The first kappa shape index (κ1) is 15.3. The van der Waals surface area contributed by atoms with Crippen LogP contribution in [-0.2, 0) is 4.74 Å². The molecular weight excluding hydrogens is 248 g/mol. The van der Waals surface area contributed by atoms with E-state index in [1.165, 1.54) is 17.7 Å². The van der Waals surface area contributed by atoms with E-state index in [9.17, 15) is 0 Å². The zero-order chi connectivity index (χ0) is 14.6. The van der Waals surface area contributed by atoms with Crippen molar-refractivity contribution < 1.29 is 4.74 Å². The SMILES string of the molecule is CCC(NC)c1ccccc1N1CCCC(C)(OC)C1. The summed E-state index contributed by atoms with van der Waals surface area (Å²) < 4.78 is 5.73. The van der Waals surface area contributed by atoms with Gasteiger partial charge in [0.15, 0.2) is 0 Å². The van der Waals surface area contributed by atoms with Gasteiger partial charge in [-0.1, -0.05) is 25.1 Å². The topological polar surface area (TPSA) is 24.5 Å². The Labute approximate surface area is 123 Å². The molecular formula is C17H28N2O. The molecule has 3 nitrogen and oxygen atoms in total. The number of nitrogens with zero attached hydrogens (tertiary/aromatic N) is 1. The normalized spacial score (nSPS) is 24.7. The van der Waals surface area contributed by atoms with Crippen molar-refractivity contribution >= 4 is 5.69 Å².